The van der Waals surface area contributed by atoms with Crippen LogP contribution in [-0.4, -0.2) is 33.0 Å². The van der Waals surface area contributed by atoms with Crippen molar-refractivity contribution in [3.8, 4) is 0 Å². The molecule has 0 aromatic heterocycles. The monoisotopic (exact) mass is 306 g/mol. The van der Waals surface area contributed by atoms with E-state index in [1.165, 1.54) is 12.8 Å². The Hall–Kier alpha value is -1.17. The molecule has 5 heteroatoms. The highest BCUT2D eigenvalue weighted by molar-refractivity contribution is 7.95. The summed E-state index contributed by atoms with van der Waals surface area (Å²) < 4.78 is 25.2. The van der Waals surface area contributed by atoms with E-state index in [4.69, 9.17) is 5.73 Å². The molecule has 0 atom stereocenters. The molecule has 114 valence electrons. The normalized spacial score (nSPS) is 21.7. The Morgan fingerprint density at radius 3 is 2.48 bits per heavy atom. The summed E-state index contributed by atoms with van der Waals surface area (Å²) in [7, 11) is -3.30. The van der Waals surface area contributed by atoms with Crippen LogP contribution in [0.15, 0.2) is 28.0 Å². The van der Waals surface area contributed by atoms with Gasteiger partial charge in [0.05, 0.1) is 9.80 Å². The molecule has 0 radical (unpaired) electrons. The van der Waals surface area contributed by atoms with Crippen molar-refractivity contribution in [3.63, 3.8) is 0 Å². The van der Waals surface area contributed by atoms with Crippen LogP contribution in [0.4, 0.5) is 0 Å². The topological polar surface area (TPSA) is 63.4 Å². The van der Waals surface area contributed by atoms with Crippen molar-refractivity contribution in [2.24, 2.45) is 5.73 Å². The van der Waals surface area contributed by atoms with Gasteiger partial charge in [0.15, 0.2) is 0 Å². The van der Waals surface area contributed by atoms with Crippen LogP contribution in [0.1, 0.15) is 36.8 Å². The minimum Gasteiger partial charge on any atom is -0.326 e. The molecule has 2 aliphatic heterocycles. The molecular formula is C16H22N2O2S. The second kappa shape index (κ2) is 5.91. The highest BCUT2D eigenvalue weighted by Crippen LogP contribution is 2.34. The van der Waals surface area contributed by atoms with Crippen LogP contribution in [0.5, 0.6) is 0 Å². The van der Waals surface area contributed by atoms with Gasteiger partial charge in [0, 0.05) is 13.1 Å². The molecule has 0 unspecified atom stereocenters. The second-order valence-electron chi connectivity index (χ2n) is 5.88. The zero-order chi connectivity index (χ0) is 14.9. The molecule has 0 bridgehead atoms. The van der Waals surface area contributed by atoms with E-state index in [-0.39, 0.29) is 0 Å². The van der Waals surface area contributed by atoms with Crippen LogP contribution in [-0.2, 0) is 16.4 Å². The van der Waals surface area contributed by atoms with Gasteiger partial charge in [-0.15, -0.1) is 0 Å². The molecule has 21 heavy (non-hydrogen) atoms. The summed E-state index contributed by atoms with van der Waals surface area (Å²) in [4.78, 5) is 3.24. The van der Waals surface area contributed by atoms with Crippen LogP contribution in [0.25, 0.3) is 6.08 Å². The number of rotatable bonds is 3. The lowest BCUT2D eigenvalue weighted by Crippen LogP contribution is -2.28. The molecule has 1 saturated heterocycles. The van der Waals surface area contributed by atoms with Crippen molar-refractivity contribution in [1.29, 1.82) is 0 Å². The predicted octanol–water partition coefficient (Wildman–Crippen LogP) is 2.15. The van der Waals surface area contributed by atoms with Crippen molar-refractivity contribution < 1.29 is 8.42 Å². The molecule has 3 rings (SSSR count). The van der Waals surface area contributed by atoms with Crippen molar-refractivity contribution in [2.75, 3.05) is 19.6 Å². The maximum atomic E-state index is 12.6. The van der Waals surface area contributed by atoms with E-state index in [0.29, 0.717) is 22.9 Å². The number of hydrogen-bond donors (Lipinski definition) is 1. The van der Waals surface area contributed by atoms with E-state index >= 15 is 0 Å². The zero-order valence-corrected chi connectivity index (χ0v) is 13.0. The fourth-order valence-electron chi connectivity index (χ4n) is 3.12. The lowest BCUT2D eigenvalue weighted by molar-refractivity contribution is 0.313. The van der Waals surface area contributed by atoms with E-state index in [0.717, 1.165) is 37.1 Å². The lowest BCUT2D eigenvalue weighted by atomic mass is 10.1. The third kappa shape index (κ3) is 2.91. The quantitative estimate of drug-likeness (QED) is 0.929. The standard InChI is InChI=1S/C16H22N2O2S/c17-11-13-5-6-16-14(9-13)10-15(21(16,19)20)12-18-7-3-1-2-4-8-18/h5-6,9-10H,1-4,7-8,11-12,17H2. The molecule has 0 aliphatic carbocycles. The van der Waals surface area contributed by atoms with Crippen LogP contribution >= 0.6 is 0 Å². The van der Waals surface area contributed by atoms with Gasteiger partial charge in [0.1, 0.15) is 0 Å². The van der Waals surface area contributed by atoms with Gasteiger partial charge in [-0.3, -0.25) is 4.90 Å². The second-order valence-corrected chi connectivity index (χ2v) is 7.85. The fourth-order valence-corrected chi connectivity index (χ4v) is 4.71. The Labute approximate surface area is 126 Å². The third-order valence-electron chi connectivity index (χ3n) is 4.34. The average Bonchev–Trinajstić information content (AvgIpc) is 2.65. The van der Waals surface area contributed by atoms with E-state index in [9.17, 15) is 8.42 Å². The Balaban J connectivity index is 1.86. The molecule has 1 fully saturated rings. The van der Waals surface area contributed by atoms with E-state index in [2.05, 4.69) is 4.90 Å². The molecule has 0 saturated carbocycles. The highest BCUT2D eigenvalue weighted by atomic mass is 32.2. The smallest absolute Gasteiger partial charge is 0.204 e. The van der Waals surface area contributed by atoms with Crippen LogP contribution in [0, 0.1) is 0 Å². The SMILES string of the molecule is NCc1ccc2c(c1)C=C(CN1CCCCCC1)S2(=O)=O. The van der Waals surface area contributed by atoms with Crippen molar-refractivity contribution >= 4 is 15.9 Å². The van der Waals surface area contributed by atoms with Gasteiger partial charge in [-0.2, -0.15) is 0 Å². The summed E-state index contributed by atoms with van der Waals surface area (Å²) in [6.45, 7) is 2.96. The highest BCUT2D eigenvalue weighted by Gasteiger charge is 2.30. The van der Waals surface area contributed by atoms with Gasteiger partial charge in [-0.25, -0.2) is 8.42 Å². The number of benzene rings is 1. The first-order valence-electron chi connectivity index (χ1n) is 7.62. The van der Waals surface area contributed by atoms with Gasteiger partial charge < -0.3 is 5.73 Å². The predicted molar refractivity (Wildman–Crippen MR) is 84.4 cm³/mol. The van der Waals surface area contributed by atoms with Gasteiger partial charge in [0.2, 0.25) is 9.84 Å². The van der Waals surface area contributed by atoms with Crippen LogP contribution < -0.4 is 5.73 Å². The van der Waals surface area contributed by atoms with Crippen molar-refractivity contribution in [3.05, 3.63) is 34.2 Å². The van der Waals surface area contributed by atoms with E-state index in [1.54, 1.807) is 12.1 Å². The maximum Gasteiger partial charge on any atom is 0.204 e. The molecule has 0 spiro atoms. The molecule has 2 N–H and O–H groups in total. The Morgan fingerprint density at radius 2 is 1.81 bits per heavy atom. The molecule has 1 aromatic carbocycles. The Kier molecular flexibility index (Phi) is 4.15. The zero-order valence-electron chi connectivity index (χ0n) is 12.2. The number of likely N-dealkylation sites (tertiary alicyclic amines) is 1. The molecule has 2 aliphatic rings. The molecule has 0 amide bonds. The van der Waals surface area contributed by atoms with E-state index < -0.39 is 9.84 Å². The first kappa shape index (κ1) is 14.8. The van der Waals surface area contributed by atoms with Crippen LogP contribution in [0.3, 0.4) is 0 Å². The number of nitrogens with zero attached hydrogens (tertiary/aromatic N) is 1. The number of sulfone groups is 1. The largest absolute Gasteiger partial charge is 0.326 e. The molecular weight excluding hydrogens is 284 g/mol. The summed E-state index contributed by atoms with van der Waals surface area (Å²) in [6, 6.07) is 5.39. The third-order valence-corrected chi connectivity index (χ3v) is 6.23. The van der Waals surface area contributed by atoms with Crippen LogP contribution in [0.2, 0.25) is 0 Å². The molecule has 4 nitrogen and oxygen atoms in total. The Morgan fingerprint density at radius 1 is 1.10 bits per heavy atom. The minimum atomic E-state index is -3.30. The fraction of sp³-hybridized carbons (Fsp3) is 0.500. The van der Waals surface area contributed by atoms with Gasteiger partial charge in [-0.1, -0.05) is 18.9 Å². The molecule has 2 heterocycles. The van der Waals surface area contributed by atoms with Gasteiger partial charge >= 0.3 is 0 Å². The van der Waals surface area contributed by atoms with Crippen molar-refractivity contribution in [1.82, 2.24) is 4.90 Å². The summed E-state index contributed by atoms with van der Waals surface area (Å²) in [6.07, 6.45) is 6.66. The lowest BCUT2D eigenvalue weighted by Gasteiger charge is -2.19. The van der Waals surface area contributed by atoms with Crippen molar-refractivity contribution in [2.45, 2.75) is 37.1 Å². The summed E-state index contributed by atoms with van der Waals surface area (Å²) in [5.41, 5.74) is 7.40. The van der Waals surface area contributed by atoms with E-state index in [1.807, 2.05) is 12.1 Å². The minimum absolute atomic E-state index is 0.433. The average molecular weight is 306 g/mol. The van der Waals surface area contributed by atoms with Gasteiger partial charge in [0.25, 0.3) is 0 Å². The summed E-state index contributed by atoms with van der Waals surface area (Å²) in [5.74, 6) is 0. The van der Waals surface area contributed by atoms with Gasteiger partial charge in [-0.05, 0) is 55.3 Å². The summed E-state index contributed by atoms with van der Waals surface area (Å²) >= 11 is 0. The number of hydrogen-bond acceptors (Lipinski definition) is 4. The Bertz CT molecular complexity index is 657. The first-order valence-corrected chi connectivity index (χ1v) is 9.10. The number of nitrogens with two attached hydrogens (primary N) is 1. The number of fused-ring (bicyclic) bond motifs is 1. The summed E-state index contributed by atoms with van der Waals surface area (Å²) in [5, 5.41) is 0. The molecule has 1 aromatic rings. The maximum absolute atomic E-state index is 12.6. The first-order chi connectivity index (χ1) is 10.1.